The quantitative estimate of drug-likeness (QED) is 0.419. The summed E-state index contributed by atoms with van der Waals surface area (Å²) in [5, 5.41) is 0. The molecular formula is C23H21NO3S. The van der Waals surface area contributed by atoms with Crippen molar-refractivity contribution >= 4 is 27.3 Å². The van der Waals surface area contributed by atoms with Gasteiger partial charge in [0.25, 0.3) is 0 Å². The summed E-state index contributed by atoms with van der Waals surface area (Å²) < 4.78 is 22.7. The van der Waals surface area contributed by atoms with Crippen LogP contribution in [0.2, 0.25) is 0 Å². The summed E-state index contributed by atoms with van der Waals surface area (Å²) in [4.78, 5) is 13.1. The summed E-state index contributed by atoms with van der Waals surface area (Å²) in [7, 11) is -1.01. The second-order valence-corrected chi connectivity index (χ2v) is 8.45. The molecular weight excluding hydrogens is 370 g/mol. The van der Waals surface area contributed by atoms with Crippen molar-refractivity contribution in [3.05, 3.63) is 96.1 Å². The van der Waals surface area contributed by atoms with Crippen molar-refractivity contribution in [2.75, 3.05) is 13.4 Å². The van der Waals surface area contributed by atoms with Crippen molar-refractivity contribution in [3.8, 4) is 5.75 Å². The third-order valence-corrected chi connectivity index (χ3v) is 5.87. The monoisotopic (exact) mass is 391 g/mol. The average Bonchev–Trinajstić information content (AvgIpc) is 2.73. The minimum atomic E-state index is -2.59. The number of benzene rings is 3. The lowest BCUT2D eigenvalue weighted by Gasteiger charge is -2.06. The molecule has 5 heteroatoms. The highest BCUT2D eigenvalue weighted by Crippen LogP contribution is 2.25. The van der Waals surface area contributed by atoms with E-state index in [-0.39, 0.29) is 5.78 Å². The molecule has 0 spiro atoms. The first-order chi connectivity index (χ1) is 13.5. The minimum Gasteiger partial charge on any atom is -0.497 e. The van der Waals surface area contributed by atoms with E-state index >= 15 is 0 Å². The van der Waals surface area contributed by atoms with Crippen LogP contribution < -0.4 is 4.74 Å². The van der Waals surface area contributed by atoms with Crippen molar-refractivity contribution in [2.45, 2.75) is 4.90 Å². The summed E-state index contributed by atoms with van der Waals surface area (Å²) in [6.07, 6.45) is 4.81. The number of carbonyl (C=O) groups is 1. The minimum absolute atomic E-state index is 0.127. The van der Waals surface area contributed by atoms with Crippen LogP contribution in [0.4, 0.5) is 5.69 Å². The normalized spacial score (nSPS) is 13.1. The standard InChI is InChI=1S/C23H21NO3S/c1-27-20-15-12-19(13-16-20)23(25)17-14-18-8-6-7-11-22(18)24-28(2,26)21-9-4-3-5-10-21/h3-17H,1-2H3/b17-14+/t28-/m0/s1. The molecule has 0 radical (unpaired) electrons. The number of rotatable bonds is 6. The van der Waals surface area contributed by atoms with E-state index in [4.69, 9.17) is 4.74 Å². The fraction of sp³-hybridized carbons (Fsp3) is 0.0870. The predicted molar refractivity (Wildman–Crippen MR) is 114 cm³/mol. The van der Waals surface area contributed by atoms with Crippen LogP contribution in [0.3, 0.4) is 0 Å². The zero-order valence-corrected chi connectivity index (χ0v) is 16.6. The molecule has 0 aromatic heterocycles. The molecule has 3 aromatic rings. The van der Waals surface area contributed by atoms with E-state index < -0.39 is 9.73 Å². The highest BCUT2D eigenvalue weighted by atomic mass is 32.2. The molecule has 4 nitrogen and oxygen atoms in total. The average molecular weight is 391 g/mol. The van der Waals surface area contributed by atoms with Gasteiger partial charge in [-0.25, -0.2) is 4.21 Å². The van der Waals surface area contributed by atoms with E-state index in [0.29, 0.717) is 21.9 Å². The van der Waals surface area contributed by atoms with Gasteiger partial charge in [0.05, 0.1) is 22.5 Å². The zero-order valence-electron chi connectivity index (χ0n) is 15.7. The molecule has 0 heterocycles. The van der Waals surface area contributed by atoms with Crippen LogP contribution in [0.25, 0.3) is 6.08 Å². The Morgan fingerprint density at radius 1 is 0.929 bits per heavy atom. The first-order valence-electron chi connectivity index (χ1n) is 8.72. The molecule has 0 bridgehead atoms. The van der Waals surface area contributed by atoms with Gasteiger partial charge in [-0.05, 0) is 54.6 Å². The van der Waals surface area contributed by atoms with Crippen LogP contribution in [-0.2, 0) is 9.73 Å². The third kappa shape index (κ3) is 4.75. The van der Waals surface area contributed by atoms with Crippen molar-refractivity contribution in [2.24, 2.45) is 4.36 Å². The second kappa shape index (κ2) is 8.67. The number of ketones is 1. The Kier molecular flexibility index (Phi) is 6.06. The maximum atomic E-state index is 13.1. The summed E-state index contributed by atoms with van der Waals surface area (Å²) in [6.45, 7) is 0. The Morgan fingerprint density at radius 2 is 1.57 bits per heavy atom. The number of allylic oxidation sites excluding steroid dienone is 1. The van der Waals surface area contributed by atoms with Crippen LogP contribution in [0.1, 0.15) is 15.9 Å². The summed E-state index contributed by atoms with van der Waals surface area (Å²) in [5.41, 5.74) is 1.88. The fourth-order valence-corrected chi connectivity index (χ4v) is 3.95. The molecule has 0 saturated heterocycles. The molecule has 0 amide bonds. The highest BCUT2D eigenvalue weighted by Gasteiger charge is 2.08. The van der Waals surface area contributed by atoms with Crippen LogP contribution in [0, 0.1) is 0 Å². The first-order valence-corrected chi connectivity index (χ1v) is 10.6. The Morgan fingerprint density at radius 3 is 2.25 bits per heavy atom. The van der Waals surface area contributed by atoms with E-state index in [9.17, 15) is 9.00 Å². The molecule has 1 atom stereocenters. The van der Waals surface area contributed by atoms with E-state index in [1.165, 1.54) is 6.08 Å². The van der Waals surface area contributed by atoms with Crippen molar-refractivity contribution in [3.63, 3.8) is 0 Å². The Balaban J connectivity index is 1.90. The maximum Gasteiger partial charge on any atom is 0.185 e. The molecule has 0 aliphatic rings. The molecule has 142 valence electrons. The summed E-state index contributed by atoms with van der Waals surface area (Å²) >= 11 is 0. The molecule has 28 heavy (non-hydrogen) atoms. The van der Waals surface area contributed by atoms with Crippen LogP contribution in [-0.4, -0.2) is 23.4 Å². The Hall–Kier alpha value is -3.18. The molecule has 0 saturated carbocycles. The van der Waals surface area contributed by atoms with Gasteiger partial charge in [0.15, 0.2) is 5.78 Å². The lowest BCUT2D eigenvalue weighted by Crippen LogP contribution is -1.97. The van der Waals surface area contributed by atoms with Crippen LogP contribution in [0.5, 0.6) is 5.75 Å². The smallest absolute Gasteiger partial charge is 0.185 e. The molecule has 0 aliphatic heterocycles. The summed E-state index contributed by atoms with van der Waals surface area (Å²) in [6, 6.07) is 23.4. The van der Waals surface area contributed by atoms with Crippen molar-refractivity contribution in [1.82, 2.24) is 0 Å². The predicted octanol–water partition coefficient (Wildman–Crippen LogP) is 5.38. The largest absolute Gasteiger partial charge is 0.497 e. The molecule has 0 fully saturated rings. The third-order valence-electron chi connectivity index (χ3n) is 4.18. The Bertz CT molecular complexity index is 1110. The highest BCUT2D eigenvalue weighted by molar-refractivity contribution is 7.93. The van der Waals surface area contributed by atoms with Gasteiger partial charge in [0.2, 0.25) is 0 Å². The lowest BCUT2D eigenvalue weighted by atomic mass is 10.1. The number of nitrogens with zero attached hydrogens (tertiary/aromatic N) is 1. The van der Waals surface area contributed by atoms with Gasteiger partial charge in [-0.1, -0.05) is 36.4 Å². The van der Waals surface area contributed by atoms with E-state index in [0.717, 1.165) is 5.56 Å². The van der Waals surface area contributed by atoms with Gasteiger partial charge in [0, 0.05) is 22.3 Å². The second-order valence-electron chi connectivity index (χ2n) is 6.19. The number of hydrogen-bond donors (Lipinski definition) is 0. The van der Waals surface area contributed by atoms with E-state index in [1.807, 2.05) is 36.4 Å². The number of methoxy groups -OCH3 is 1. The van der Waals surface area contributed by atoms with Crippen molar-refractivity contribution < 1.29 is 13.7 Å². The topological polar surface area (TPSA) is 55.7 Å². The van der Waals surface area contributed by atoms with E-state index in [2.05, 4.69) is 4.36 Å². The fourth-order valence-electron chi connectivity index (χ4n) is 2.64. The molecule has 3 aromatic carbocycles. The van der Waals surface area contributed by atoms with Crippen molar-refractivity contribution in [1.29, 1.82) is 0 Å². The van der Waals surface area contributed by atoms with Gasteiger partial charge >= 0.3 is 0 Å². The molecule has 0 N–H and O–H groups in total. The van der Waals surface area contributed by atoms with Crippen LogP contribution >= 0.6 is 0 Å². The van der Waals surface area contributed by atoms with Crippen LogP contribution in [0.15, 0.2) is 94.2 Å². The van der Waals surface area contributed by atoms with E-state index in [1.54, 1.807) is 61.9 Å². The first kappa shape index (κ1) is 19.6. The Labute approximate surface area is 165 Å². The van der Waals surface area contributed by atoms with Gasteiger partial charge in [-0.3, -0.25) is 4.79 Å². The number of carbonyl (C=O) groups excluding carboxylic acids is 1. The molecule has 3 rings (SSSR count). The molecule has 0 aliphatic carbocycles. The SMILES string of the molecule is COc1ccc(C(=O)/C=C/c2ccccc2N=[S@@](C)(=O)c2ccccc2)cc1. The number of hydrogen-bond acceptors (Lipinski definition) is 4. The maximum absolute atomic E-state index is 13.1. The van der Waals surface area contributed by atoms with Gasteiger partial charge in [-0.15, -0.1) is 0 Å². The zero-order chi connectivity index (χ0) is 20.0. The summed E-state index contributed by atoms with van der Waals surface area (Å²) in [5.74, 6) is 0.570. The van der Waals surface area contributed by atoms with Gasteiger partial charge in [-0.2, -0.15) is 4.36 Å². The number of ether oxygens (including phenoxy) is 1. The lowest BCUT2D eigenvalue weighted by molar-refractivity contribution is 0.104. The van der Waals surface area contributed by atoms with Gasteiger partial charge in [0.1, 0.15) is 5.75 Å². The van der Waals surface area contributed by atoms with Gasteiger partial charge < -0.3 is 4.74 Å². The molecule has 0 unspecified atom stereocenters.